The lowest BCUT2D eigenvalue weighted by Gasteiger charge is -2.14. The van der Waals surface area contributed by atoms with E-state index in [4.69, 9.17) is 4.98 Å². The molecule has 0 aliphatic carbocycles. The number of halogens is 3. The number of hydrogen-bond donors (Lipinski definition) is 0. The average Bonchev–Trinajstić information content (AvgIpc) is 2.83. The normalized spacial score (nSPS) is 11.9. The largest absolute Gasteiger partial charge is 0.416 e. The number of aromatic nitrogens is 4. The number of alkyl halides is 3. The molecule has 0 bridgehead atoms. The summed E-state index contributed by atoms with van der Waals surface area (Å²) in [6, 6.07) is 14.9. The van der Waals surface area contributed by atoms with Gasteiger partial charge in [-0.3, -0.25) is 14.3 Å². The van der Waals surface area contributed by atoms with E-state index in [9.17, 15) is 18.0 Å². The Hall–Kier alpha value is -3.72. The van der Waals surface area contributed by atoms with Crippen molar-refractivity contribution in [1.29, 1.82) is 0 Å². The van der Waals surface area contributed by atoms with E-state index >= 15 is 0 Å². The van der Waals surface area contributed by atoms with Crippen LogP contribution in [-0.2, 0) is 6.18 Å². The van der Waals surface area contributed by atoms with Gasteiger partial charge in [-0.25, -0.2) is 9.97 Å². The molecule has 0 fully saturated rings. The summed E-state index contributed by atoms with van der Waals surface area (Å²) in [6.45, 7) is 0. The van der Waals surface area contributed by atoms with Crippen LogP contribution in [0.4, 0.5) is 13.2 Å². The molecule has 5 rings (SSSR count). The zero-order valence-electron chi connectivity index (χ0n) is 17.2. The number of rotatable bonds is 3. The molecule has 164 valence electrons. The van der Waals surface area contributed by atoms with Gasteiger partial charge in [-0.1, -0.05) is 6.07 Å². The highest BCUT2D eigenvalue weighted by Gasteiger charge is 2.30. The fourth-order valence-electron chi connectivity index (χ4n) is 3.66. The number of fused-ring (bicyclic) bond motifs is 3. The summed E-state index contributed by atoms with van der Waals surface area (Å²) in [6.07, 6.45) is 0.687. The second-order valence-electron chi connectivity index (χ2n) is 7.27. The van der Waals surface area contributed by atoms with Crippen molar-refractivity contribution in [3.63, 3.8) is 0 Å². The Morgan fingerprint density at radius 3 is 2.52 bits per heavy atom. The lowest BCUT2D eigenvalue weighted by Crippen LogP contribution is -2.18. The Balaban J connectivity index is 1.80. The molecule has 0 atom stereocenters. The minimum Gasteiger partial charge on any atom is -0.275 e. The van der Waals surface area contributed by atoms with Gasteiger partial charge in [-0.15, -0.1) is 11.8 Å². The predicted octanol–water partition coefficient (Wildman–Crippen LogP) is 5.74. The van der Waals surface area contributed by atoms with Gasteiger partial charge in [0.25, 0.3) is 5.56 Å². The maximum absolute atomic E-state index is 13.3. The van der Waals surface area contributed by atoms with Gasteiger partial charge >= 0.3 is 6.18 Å². The first-order chi connectivity index (χ1) is 15.8. The van der Waals surface area contributed by atoms with E-state index in [1.54, 1.807) is 30.6 Å². The van der Waals surface area contributed by atoms with Crippen LogP contribution in [0.5, 0.6) is 0 Å². The van der Waals surface area contributed by atoms with E-state index in [2.05, 4.69) is 9.97 Å². The van der Waals surface area contributed by atoms with Crippen molar-refractivity contribution in [3.05, 3.63) is 89.0 Å². The molecule has 33 heavy (non-hydrogen) atoms. The van der Waals surface area contributed by atoms with Gasteiger partial charge in [0.15, 0.2) is 0 Å². The van der Waals surface area contributed by atoms with Gasteiger partial charge in [0.05, 0.1) is 27.3 Å². The topological polar surface area (TPSA) is 60.7 Å². The fraction of sp³-hybridized carbons (Fsp3) is 0.0833. The maximum Gasteiger partial charge on any atom is 0.416 e. The summed E-state index contributed by atoms with van der Waals surface area (Å²) in [5.41, 5.74) is 1.51. The summed E-state index contributed by atoms with van der Waals surface area (Å²) in [5, 5.41) is 1.45. The minimum absolute atomic E-state index is 0.103. The standard InChI is InChI=1S/C24H15F3N4OS/c1-33-20-9-5-14(12-29-20)18-7-8-19-22(30-18)23-15(13-28-19)6-10-21(32)31(23)17-4-2-3-16(11-17)24(25,26)27/h2-13H,1H3. The van der Waals surface area contributed by atoms with Gasteiger partial charge in [-0.05, 0) is 54.8 Å². The third kappa shape index (κ3) is 3.84. The molecular formula is C24H15F3N4OS. The SMILES string of the molecule is CSc1ccc(-c2ccc3ncc4ccc(=O)n(-c5cccc(C(F)(F)F)c5)c4c3n2)cn1. The van der Waals surface area contributed by atoms with E-state index < -0.39 is 17.3 Å². The zero-order valence-corrected chi connectivity index (χ0v) is 18.0. The first-order valence-electron chi connectivity index (χ1n) is 9.85. The third-order valence-corrected chi connectivity index (χ3v) is 5.90. The fourth-order valence-corrected chi connectivity index (χ4v) is 4.02. The summed E-state index contributed by atoms with van der Waals surface area (Å²) in [5.74, 6) is 0. The molecule has 0 amide bonds. The molecule has 9 heteroatoms. The molecule has 0 unspecified atom stereocenters. The van der Waals surface area contributed by atoms with Gasteiger partial charge in [0.1, 0.15) is 5.52 Å². The van der Waals surface area contributed by atoms with Gasteiger partial charge in [0, 0.05) is 35.1 Å². The van der Waals surface area contributed by atoms with Crippen LogP contribution in [0.25, 0.3) is 38.9 Å². The number of thioether (sulfide) groups is 1. The number of pyridine rings is 4. The van der Waals surface area contributed by atoms with E-state index in [-0.39, 0.29) is 5.69 Å². The molecule has 4 aromatic heterocycles. The number of hydrogen-bond acceptors (Lipinski definition) is 5. The number of benzene rings is 1. The Labute approximate surface area is 190 Å². The van der Waals surface area contributed by atoms with Crippen molar-refractivity contribution in [3.8, 4) is 16.9 Å². The molecule has 0 aliphatic rings. The molecule has 4 heterocycles. The van der Waals surface area contributed by atoms with Crippen LogP contribution in [-0.4, -0.2) is 25.8 Å². The summed E-state index contributed by atoms with van der Waals surface area (Å²) in [4.78, 5) is 26.4. The second-order valence-corrected chi connectivity index (χ2v) is 8.10. The van der Waals surface area contributed by atoms with Crippen molar-refractivity contribution in [2.45, 2.75) is 11.2 Å². The molecule has 0 spiro atoms. The lowest BCUT2D eigenvalue weighted by atomic mass is 10.1. The predicted molar refractivity (Wildman–Crippen MR) is 123 cm³/mol. The van der Waals surface area contributed by atoms with Crippen LogP contribution in [0.3, 0.4) is 0 Å². The van der Waals surface area contributed by atoms with Crippen LogP contribution in [0.1, 0.15) is 5.56 Å². The Kier molecular flexibility index (Phi) is 5.13. The Morgan fingerprint density at radius 1 is 0.939 bits per heavy atom. The highest BCUT2D eigenvalue weighted by molar-refractivity contribution is 7.98. The summed E-state index contributed by atoms with van der Waals surface area (Å²) >= 11 is 1.52. The van der Waals surface area contributed by atoms with Crippen molar-refractivity contribution in [2.24, 2.45) is 0 Å². The molecule has 0 radical (unpaired) electrons. The monoisotopic (exact) mass is 464 g/mol. The average molecular weight is 464 g/mol. The highest BCUT2D eigenvalue weighted by Crippen LogP contribution is 2.32. The van der Waals surface area contributed by atoms with Crippen molar-refractivity contribution in [2.75, 3.05) is 6.26 Å². The van der Waals surface area contributed by atoms with Crippen LogP contribution < -0.4 is 5.56 Å². The molecule has 0 N–H and O–H groups in total. The van der Waals surface area contributed by atoms with E-state index in [1.165, 1.54) is 34.5 Å². The van der Waals surface area contributed by atoms with Crippen LogP contribution in [0, 0.1) is 0 Å². The van der Waals surface area contributed by atoms with Gasteiger partial charge < -0.3 is 0 Å². The molecule has 5 nitrogen and oxygen atoms in total. The first kappa shape index (κ1) is 21.1. The maximum atomic E-state index is 13.3. The van der Waals surface area contributed by atoms with Gasteiger partial charge in [-0.2, -0.15) is 13.2 Å². The Morgan fingerprint density at radius 2 is 1.79 bits per heavy atom. The number of nitrogens with zero attached hydrogens (tertiary/aromatic N) is 4. The lowest BCUT2D eigenvalue weighted by molar-refractivity contribution is -0.137. The van der Waals surface area contributed by atoms with Crippen molar-refractivity contribution >= 4 is 33.7 Å². The second kappa shape index (κ2) is 8.00. The van der Waals surface area contributed by atoms with E-state index in [1.807, 2.05) is 18.4 Å². The summed E-state index contributed by atoms with van der Waals surface area (Å²) in [7, 11) is 0. The summed E-state index contributed by atoms with van der Waals surface area (Å²) < 4.78 is 41.2. The highest BCUT2D eigenvalue weighted by atomic mass is 32.2. The van der Waals surface area contributed by atoms with Crippen LogP contribution in [0.2, 0.25) is 0 Å². The molecular weight excluding hydrogens is 449 g/mol. The van der Waals surface area contributed by atoms with Gasteiger partial charge in [0.2, 0.25) is 0 Å². The molecule has 1 aromatic carbocycles. The Bertz CT molecular complexity index is 1560. The molecule has 5 aromatic rings. The van der Waals surface area contributed by atoms with Crippen LogP contribution >= 0.6 is 11.8 Å². The minimum atomic E-state index is -4.53. The third-order valence-electron chi connectivity index (χ3n) is 5.24. The zero-order chi connectivity index (χ0) is 23.2. The van der Waals surface area contributed by atoms with E-state index in [0.717, 1.165) is 22.7 Å². The van der Waals surface area contributed by atoms with Crippen molar-refractivity contribution < 1.29 is 13.2 Å². The molecule has 0 saturated carbocycles. The molecule has 0 saturated heterocycles. The first-order valence-corrected chi connectivity index (χ1v) is 11.1. The quantitative estimate of drug-likeness (QED) is 0.252. The molecule has 0 aliphatic heterocycles. The van der Waals surface area contributed by atoms with Crippen LogP contribution in [0.15, 0.2) is 82.9 Å². The van der Waals surface area contributed by atoms with Crippen molar-refractivity contribution in [1.82, 2.24) is 19.5 Å². The van der Waals surface area contributed by atoms with E-state index in [0.29, 0.717) is 27.6 Å². The smallest absolute Gasteiger partial charge is 0.275 e.